The first-order chi connectivity index (χ1) is 10.9. The number of amides is 1. The number of rotatable bonds is 4. The van der Waals surface area contributed by atoms with Crippen LogP contribution in [0.1, 0.15) is 31.7 Å². The smallest absolute Gasteiger partial charge is 0.270 e. The molecule has 0 radical (unpaired) electrons. The summed E-state index contributed by atoms with van der Waals surface area (Å²) in [7, 11) is 0. The largest absolute Gasteiger partial charge is 0.370 e. The first-order valence-electron chi connectivity index (χ1n) is 7.39. The molecular weight excluding hydrogens is 298 g/mol. The molecule has 8 nitrogen and oxygen atoms in total. The second kappa shape index (κ2) is 8.70. The van der Waals surface area contributed by atoms with Gasteiger partial charge in [-0.25, -0.2) is 0 Å². The van der Waals surface area contributed by atoms with E-state index in [0.717, 1.165) is 31.6 Å². The molecule has 1 fully saturated rings. The fraction of sp³-hybridized carbons (Fsp3) is 0.467. The van der Waals surface area contributed by atoms with Crippen LogP contribution in [-0.4, -0.2) is 30.0 Å². The average Bonchev–Trinajstić information content (AvgIpc) is 3.08. The van der Waals surface area contributed by atoms with Crippen molar-refractivity contribution in [1.82, 2.24) is 0 Å². The van der Waals surface area contributed by atoms with Gasteiger partial charge in [-0.2, -0.15) is 5.26 Å². The van der Waals surface area contributed by atoms with Crippen molar-refractivity contribution in [3.8, 4) is 6.07 Å². The minimum absolute atomic E-state index is 0.0282. The van der Waals surface area contributed by atoms with Gasteiger partial charge in [0.05, 0.1) is 22.2 Å². The number of nitrogens with two attached hydrogens (primary N) is 2. The van der Waals surface area contributed by atoms with Crippen molar-refractivity contribution in [2.24, 2.45) is 11.5 Å². The Bertz CT molecular complexity index is 606. The summed E-state index contributed by atoms with van der Waals surface area (Å²) in [4.78, 5) is 22.2. The summed E-state index contributed by atoms with van der Waals surface area (Å²) in [6, 6.07) is 6.03. The second-order valence-corrected chi connectivity index (χ2v) is 5.18. The molecule has 0 aromatic heterocycles. The highest BCUT2D eigenvalue weighted by atomic mass is 16.6. The van der Waals surface area contributed by atoms with E-state index in [2.05, 4.69) is 4.90 Å². The number of carbonyl (C=O) groups is 1. The predicted octanol–water partition coefficient (Wildman–Crippen LogP) is 1.28. The van der Waals surface area contributed by atoms with Crippen LogP contribution < -0.4 is 16.4 Å². The highest BCUT2D eigenvalue weighted by molar-refractivity contribution is 5.79. The van der Waals surface area contributed by atoms with Gasteiger partial charge < -0.3 is 16.4 Å². The van der Waals surface area contributed by atoms with E-state index in [-0.39, 0.29) is 5.69 Å². The molecule has 1 aromatic carbocycles. The number of nitro groups is 1. The summed E-state index contributed by atoms with van der Waals surface area (Å²) in [5.74, 6) is -0.428. The molecule has 8 heteroatoms. The molecule has 1 aliphatic heterocycles. The molecular formula is C15H21N5O3. The highest BCUT2D eigenvalue weighted by Crippen LogP contribution is 2.27. The Morgan fingerprint density at radius 3 is 2.48 bits per heavy atom. The van der Waals surface area contributed by atoms with Crippen LogP contribution in [0.5, 0.6) is 0 Å². The molecule has 1 aliphatic rings. The number of nitro benzene ring substituents is 1. The minimum Gasteiger partial charge on any atom is -0.370 e. The van der Waals surface area contributed by atoms with Crippen molar-refractivity contribution in [3.05, 3.63) is 33.9 Å². The normalized spacial score (nSPS) is 14.4. The lowest BCUT2D eigenvalue weighted by Gasteiger charge is -2.18. The molecule has 1 heterocycles. The van der Waals surface area contributed by atoms with Gasteiger partial charge in [-0.05, 0) is 25.3 Å². The Hall–Kier alpha value is -2.66. The maximum Gasteiger partial charge on any atom is 0.270 e. The molecule has 124 valence electrons. The van der Waals surface area contributed by atoms with Crippen LogP contribution in [0.25, 0.3) is 0 Å². The van der Waals surface area contributed by atoms with Gasteiger partial charge in [-0.15, -0.1) is 0 Å². The zero-order chi connectivity index (χ0) is 17.4. The third kappa shape index (κ3) is 5.23. The van der Waals surface area contributed by atoms with Crippen molar-refractivity contribution in [2.75, 3.05) is 18.0 Å². The van der Waals surface area contributed by atoms with Crippen LogP contribution in [0, 0.1) is 21.4 Å². The number of primary amides is 1. The van der Waals surface area contributed by atoms with Crippen LogP contribution >= 0.6 is 0 Å². The van der Waals surface area contributed by atoms with Gasteiger partial charge >= 0.3 is 0 Å². The summed E-state index contributed by atoms with van der Waals surface area (Å²) in [6.07, 6.45) is 2.85. The van der Waals surface area contributed by atoms with E-state index in [0.29, 0.717) is 12.0 Å². The number of benzene rings is 1. The number of hydrogen-bond acceptors (Lipinski definition) is 6. The van der Waals surface area contributed by atoms with Crippen LogP contribution in [0.2, 0.25) is 0 Å². The number of hydrogen-bond donors (Lipinski definition) is 2. The SMILES string of the molecule is CC[C@H](N)C(N)=O.N#Cc1cc([N+](=O)[O-])ccc1N1CCCC1. The van der Waals surface area contributed by atoms with Crippen LogP contribution in [0.15, 0.2) is 18.2 Å². The number of nitriles is 1. The molecule has 0 spiro atoms. The van der Waals surface area contributed by atoms with Gasteiger partial charge in [0.1, 0.15) is 6.07 Å². The van der Waals surface area contributed by atoms with Crippen molar-refractivity contribution in [2.45, 2.75) is 32.2 Å². The maximum atomic E-state index is 10.6. The van der Waals surface area contributed by atoms with Gasteiger partial charge in [0.15, 0.2) is 0 Å². The van der Waals surface area contributed by atoms with E-state index in [1.54, 1.807) is 6.07 Å². The van der Waals surface area contributed by atoms with Crippen LogP contribution in [0.3, 0.4) is 0 Å². The Labute approximate surface area is 134 Å². The molecule has 0 aliphatic carbocycles. The number of nitrogens with zero attached hydrogens (tertiary/aromatic N) is 3. The Balaban J connectivity index is 0.000000322. The van der Waals surface area contributed by atoms with E-state index in [1.807, 2.05) is 13.0 Å². The third-order valence-electron chi connectivity index (χ3n) is 3.56. The number of anilines is 1. The quantitative estimate of drug-likeness (QED) is 0.632. The van der Waals surface area contributed by atoms with E-state index in [1.165, 1.54) is 12.1 Å². The van der Waals surface area contributed by atoms with Gasteiger partial charge in [-0.1, -0.05) is 6.92 Å². The van der Waals surface area contributed by atoms with Gasteiger partial charge in [0, 0.05) is 25.2 Å². The molecule has 1 aromatic rings. The highest BCUT2D eigenvalue weighted by Gasteiger charge is 2.18. The molecule has 0 saturated carbocycles. The van der Waals surface area contributed by atoms with E-state index in [9.17, 15) is 14.9 Å². The Morgan fingerprint density at radius 2 is 2.09 bits per heavy atom. The second-order valence-electron chi connectivity index (χ2n) is 5.18. The zero-order valence-electron chi connectivity index (χ0n) is 13.1. The zero-order valence-corrected chi connectivity index (χ0v) is 13.1. The van der Waals surface area contributed by atoms with Crippen LogP contribution in [0.4, 0.5) is 11.4 Å². The first kappa shape index (κ1) is 18.4. The van der Waals surface area contributed by atoms with E-state index in [4.69, 9.17) is 16.7 Å². The predicted molar refractivity (Wildman–Crippen MR) is 86.7 cm³/mol. The molecule has 1 saturated heterocycles. The van der Waals surface area contributed by atoms with E-state index < -0.39 is 16.9 Å². The molecule has 1 atom stereocenters. The lowest BCUT2D eigenvalue weighted by molar-refractivity contribution is -0.384. The van der Waals surface area contributed by atoms with Crippen LogP contribution in [-0.2, 0) is 4.79 Å². The Kier molecular flexibility index (Phi) is 6.96. The number of carbonyl (C=O) groups excluding carboxylic acids is 1. The lowest BCUT2D eigenvalue weighted by Crippen LogP contribution is -2.35. The lowest BCUT2D eigenvalue weighted by atomic mass is 10.1. The summed E-state index contributed by atoms with van der Waals surface area (Å²) >= 11 is 0. The monoisotopic (exact) mass is 319 g/mol. The Morgan fingerprint density at radius 1 is 1.48 bits per heavy atom. The van der Waals surface area contributed by atoms with Crippen molar-refractivity contribution < 1.29 is 9.72 Å². The van der Waals surface area contributed by atoms with Crippen molar-refractivity contribution >= 4 is 17.3 Å². The molecule has 2 rings (SSSR count). The fourth-order valence-corrected chi connectivity index (χ4v) is 2.16. The molecule has 4 N–H and O–H groups in total. The molecule has 23 heavy (non-hydrogen) atoms. The average molecular weight is 319 g/mol. The van der Waals surface area contributed by atoms with Gasteiger partial charge in [0.2, 0.25) is 5.91 Å². The minimum atomic E-state index is -0.478. The summed E-state index contributed by atoms with van der Waals surface area (Å²) < 4.78 is 0. The topological polar surface area (TPSA) is 139 Å². The standard InChI is InChI=1S/C11H11N3O2.C4H10N2O/c12-8-9-7-10(14(15)16)3-4-11(9)13-5-1-2-6-13;1-2-3(5)4(6)7/h3-4,7H,1-2,5-6H2;3H,2,5H2,1H3,(H2,6,7)/t;3-/m.0/s1. The summed E-state index contributed by atoms with van der Waals surface area (Å²) in [6.45, 7) is 3.66. The van der Waals surface area contributed by atoms with Gasteiger partial charge in [0.25, 0.3) is 5.69 Å². The molecule has 1 amide bonds. The molecule has 0 unspecified atom stereocenters. The van der Waals surface area contributed by atoms with Crippen molar-refractivity contribution in [1.29, 1.82) is 5.26 Å². The van der Waals surface area contributed by atoms with E-state index >= 15 is 0 Å². The third-order valence-corrected chi connectivity index (χ3v) is 3.56. The molecule has 0 bridgehead atoms. The van der Waals surface area contributed by atoms with Gasteiger partial charge in [-0.3, -0.25) is 14.9 Å². The van der Waals surface area contributed by atoms with Crippen molar-refractivity contribution in [3.63, 3.8) is 0 Å². The maximum absolute atomic E-state index is 10.6. The fourth-order valence-electron chi connectivity index (χ4n) is 2.16. The summed E-state index contributed by atoms with van der Waals surface area (Å²) in [5, 5.41) is 19.6. The number of non-ortho nitro benzene ring substituents is 1. The summed E-state index contributed by atoms with van der Waals surface area (Å²) in [5.41, 5.74) is 11.1. The first-order valence-corrected chi connectivity index (χ1v) is 7.39.